The fourth-order valence-electron chi connectivity index (χ4n) is 2.35. The van der Waals surface area contributed by atoms with E-state index in [9.17, 15) is 0 Å². The largest absolute Gasteiger partial charge is 0.465 e. The van der Waals surface area contributed by atoms with Gasteiger partial charge < -0.3 is 9.47 Å². The van der Waals surface area contributed by atoms with Crippen molar-refractivity contribution in [1.82, 2.24) is 0 Å². The molecule has 0 spiro atoms. The van der Waals surface area contributed by atoms with E-state index in [4.69, 9.17) is 9.47 Å². The van der Waals surface area contributed by atoms with Crippen LogP contribution in [0.15, 0.2) is 30.8 Å². The summed E-state index contributed by atoms with van der Waals surface area (Å²) in [4.78, 5) is 0. The van der Waals surface area contributed by atoms with Crippen molar-refractivity contribution in [2.24, 2.45) is 0 Å². The van der Waals surface area contributed by atoms with Gasteiger partial charge in [-0.25, -0.2) is 0 Å². The van der Waals surface area contributed by atoms with Crippen LogP contribution in [0, 0.1) is 0 Å². The highest BCUT2D eigenvalue weighted by Crippen LogP contribution is 2.19. The number of ether oxygens (including phenoxy) is 2. The summed E-state index contributed by atoms with van der Waals surface area (Å²) in [6, 6.07) is 8.00. The molecule has 1 aromatic carbocycles. The van der Waals surface area contributed by atoms with E-state index in [0.717, 1.165) is 30.8 Å². The standard InChI is InChI=1S/C17H24O2/c1-2-15-10-12-16(13-11-15)19-17-9-7-5-3-4-6-8-14-18-17/h2,10-13,17H,1,3-9,14H2. The van der Waals surface area contributed by atoms with Crippen LogP contribution in [-0.2, 0) is 4.74 Å². The molecule has 2 heteroatoms. The van der Waals surface area contributed by atoms with Crippen LogP contribution in [0.25, 0.3) is 6.08 Å². The quantitative estimate of drug-likeness (QED) is 0.777. The second-order valence-electron chi connectivity index (χ2n) is 5.10. The minimum atomic E-state index is -0.0901. The van der Waals surface area contributed by atoms with Gasteiger partial charge in [-0.15, -0.1) is 0 Å². The third-order valence-corrected chi connectivity index (χ3v) is 3.52. The Morgan fingerprint density at radius 2 is 1.68 bits per heavy atom. The molecule has 1 saturated heterocycles. The maximum atomic E-state index is 5.93. The lowest BCUT2D eigenvalue weighted by atomic mass is 10.1. The van der Waals surface area contributed by atoms with E-state index in [2.05, 4.69) is 6.58 Å². The van der Waals surface area contributed by atoms with Gasteiger partial charge in [-0.1, -0.05) is 50.5 Å². The minimum absolute atomic E-state index is 0.0901. The zero-order valence-corrected chi connectivity index (χ0v) is 11.6. The van der Waals surface area contributed by atoms with Gasteiger partial charge >= 0.3 is 0 Å². The number of rotatable bonds is 3. The first-order chi connectivity index (χ1) is 9.38. The van der Waals surface area contributed by atoms with Gasteiger partial charge in [0, 0.05) is 6.42 Å². The van der Waals surface area contributed by atoms with Crippen LogP contribution in [0.3, 0.4) is 0 Å². The molecule has 1 fully saturated rings. The van der Waals surface area contributed by atoms with Crippen molar-refractivity contribution in [2.75, 3.05) is 6.61 Å². The van der Waals surface area contributed by atoms with Crippen LogP contribution >= 0.6 is 0 Å². The van der Waals surface area contributed by atoms with E-state index in [-0.39, 0.29) is 6.29 Å². The molecule has 2 rings (SSSR count). The van der Waals surface area contributed by atoms with E-state index >= 15 is 0 Å². The molecule has 1 aliphatic rings. The van der Waals surface area contributed by atoms with E-state index in [1.807, 2.05) is 30.3 Å². The van der Waals surface area contributed by atoms with E-state index in [1.165, 1.54) is 32.1 Å². The van der Waals surface area contributed by atoms with Gasteiger partial charge in [0.05, 0.1) is 6.61 Å². The van der Waals surface area contributed by atoms with E-state index < -0.39 is 0 Å². The fourth-order valence-corrected chi connectivity index (χ4v) is 2.35. The lowest BCUT2D eigenvalue weighted by Gasteiger charge is -2.21. The zero-order chi connectivity index (χ0) is 13.3. The number of benzene rings is 1. The zero-order valence-electron chi connectivity index (χ0n) is 11.6. The Bertz CT molecular complexity index is 359. The summed E-state index contributed by atoms with van der Waals surface area (Å²) >= 11 is 0. The third kappa shape index (κ3) is 5.07. The minimum Gasteiger partial charge on any atom is -0.465 e. The number of hydrogen-bond acceptors (Lipinski definition) is 2. The van der Waals surface area contributed by atoms with Gasteiger partial charge in [0.1, 0.15) is 5.75 Å². The molecule has 0 amide bonds. The molecule has 19 heavy (non-hydrogen) atoms. The van der Waals surface area contributed by atoms with Gasteiger partial charge in [0.15, 0.2) is 6.29 Å². The molecule has 0 N–H and O–H groups in total. The second-order valence-corrected chi connectivity index (χ2v) is 5.10. The Kier molecular flexibility index (Phi) is 5.96. The SMILES string of the molecule is C=Cc1ccc(OC2CCCCCCCCO2)cc1. The summed E-state index contributed by atoms with van der Waals surface area (Å²) in [5.41, 5.74) is 1.11. The molecular formula is C17H24O2. The van der Waals surface area contributed by atoms with Crippen LogP contribution in [-0.4, -0.2) is 12.9 Å². The van der Waals surface area contributed by atoms with Gasteiger partial charge in [-0.2, -0.15) is 0 Å². The van der Waals surface area contributed by atoms with Crippen LogP contribution in [0.5, 0.6) is 5.75 Å². The number of hydrogen-bond donors (Lipinski definition) is 0. The fraction of sp³-hybridized carbons (Fsp3) is 0.529. The molecule has 0 bridgehead atoms. The van der Waals surface area contributed by atoms with Gasteiger partial charge in [-0.3, -0.25) is 0 Å². The molecule has 104 valence electrons. The summed E-state index contributed by atoms with van der Waals surface area (Å²) in [6.45, 7) is 4.57. The Morgan fingerprint density at radius 1 is 1.00 bits per heavy atom. The topological polar surface area (TPSA) is 18.5 Å². The van der Waals surface area contributed by atoms with E-state index in [0.29, 0.717) is 0 Å². The molecule has 0 saturated carbocycles. The monoisotopic (exact) mass is 260 g/mol. The molecule has 1 atom stereocenters. The van der Waals surface area contributed by atoms with Crippen LogP contribution < -0.4 is 4.74 Å². The second kappa shape index (κ2) is 8.00. The molecule has 0 aliphatic carbocycles. The Hall–Kier alpha value is -1.28. The lowest BCUT2D eigenvalue weighted by Crippen LogP contribution is -2.21. The van der Waals surface area contributed by atoms with Crippen molar-refractivity contribution in [1.29, 1.82) is 0 Å². The van der Waals surface area contributed by atoms with Crippen molar-refractivity contribution in [2.45, 2.75) is 51.2 Å². The summed E-state index contributed by atoms with van der Waals surface area (Å²) in [5.74, 6) is 0.882. The van der Waals surface area contributed by atoms with Crippen molar-refractivity contribution >= 4 is 6.08 Å². The van der Waals surface area contributed by atoms with Crippen molar-refractivity contribution < 1.29 is 9.47 Å². The first kappa shape index (κ1) is 14.1. The highest BCUT2D eigenvalue weighted by atomic mass is 16.7. The molecule has 0 radical (unpaired) electrons. The first-order valence-electron chi connectivity index (χ1n) is 7.39. The van der Waals surface area contributed by atoms with Gasteiger partial charge in [0.2, 0.25) is 0 Å². The highest BCUT2D eigenvalue weighted by Gasteiger charge is 2.11. The average Bonchev–Trinajstić information content (AvgIpc) is 2.46. The van der Waals surface area contributed by atoms with Gasteiger partial charge in [-0.05, 0) is 30.5 Å². The molecular weight excluding hydrogens is 236 g/mol. The molecule has 1 heterocycles. The van der Waals surface area contributed by atoms with Crippen molar-refractivity contribution in [3.8, 4) is 5.75 Å². The normalized spacial score (nSPS) is 21.6. The maximum absolute atomic E-state index is 5.93. The van der Waals surface area contributed by atoms with Gasteiger partial charge in [0.25, 0.3) is 0 Å². The smallest absolute Gasteiger partial charge is 0.199 e. The molecule has 2 nitrogen and oxygen atoms in total. The predicted octanol–water partition coefficient (Wildman–Crippen LogP) is 4.80. The van der Waals surface area contributed by atoms with Crippen LogP contribution in [0.4, 0.5) is 0 Å². The summed E-state index contributed by atoms with van der Waals surface area (Å²) in [6.07, 6.45) is 10.3. The average molecular weight is 260 g/mol. The first-order valence-corrected chi connectivity index (χ1v) is 7.39. The summed E-state index contributed by atoms with van der Waals surface area (Å²) in [7, 11) is 0. The molecule has 1 aliphatic heterocycles. The highest BCUT2D eigenvalue weighted by molar-refractivity contribution is 5.48. The predicted molar refractivity (Wildman–Crippen MR) is 79.2 cm³/mol. The molecule has 1 aromatic rings. The van der Waals surface area contributed by atoms with Crippen LogP contribution in [0.1, 0.15) is 50.5 Å². The summed E-state index contributed by atoms with van der Waals surface area (Å²) < 4.78 is 11.8. The third-order valence-electron chi connectivity index (χ3n) is 3.52. The Morgan fingerprint density at radius 3 is 2.42 bits per heavy atom. The van der Waals surface area contributed by atoms with Crippen LogP contribution in [0.2, 0.25) is 0 Å². The van der Waals surface area contributed by atoms with Crippen molar-refractivity contribution in [3.63, 3.8) is 0 Å². The molecule has 1 unspecified atom stereocenters. The maximum Gasteiger partial charge on any atom is 0.199 e. The lowest BCUT2D eigenvalue weighted by molar-refractivity contribution is -0.0875. The van der Waals surface area contributed by atoms with Crippen molar-refractivity contribution in [3.05, 3.63) is 36.4 Å². The molecule has 0 aromatic heterocycles. The summed E-state index contributed by atoms with van der Waals surface area (Å²) in [5, 5.41) is 0. The Labute approximate surface area is 116 Å². The Balaban J connectivity index is 1.88. The van der Waals surface area contributed by atoms with E-state index in [1.54, 1.807) is 0 Å².